The first-order valence-corrected chi connectivity index (χ1v) is 8.42. The van der Waals surface area contributed by atoms with Gasteiger partial charge < -0.3 is 21.5 Å². The zero-order valence-electron chi connectivity index (χ0n) is 15.0. The number of nitrogens with zero attached hydrogens (tertiary/aromatic N) is 1. The Morgan fingerprint density at radius 3 is 2.60 bits per heavy atom. The van der Waals surface area contributed by atoms with E-state index in [0.29, 0.717) is 37.4 Å². The number of aliphatic imine (C=N–C) groups is 1. The molecule has 0 spiro atoms. The molecule has 0 radical (unpaired) electrons. The molecule has 5 N–H and O–H groups in total. The van der Waals surface area contributed by atoms with E-state index in [9.17, 15) is 9.59 Å². The molecule has 0 heterocycles. The molecule has 7 heteroatoms. The number of carbonyl (C=O) groups excluding carboxylic acids is 2. The van der Waals surface area contributed by atoms with Gasteiger partial charge in [-0.2, -0.15) is 0 Å². The second-order valence-corrected chi connectivity index (χ2v) is 5.85. The van der Waals surface area contributed by atoms with Crippen LogP contribution in [0.15, 0.2) is 23.2 Å². The number of ether oxygens (including phenoxy) is 1. The third kappa shape index (κ3) is 8.30. The standard InChI is InChI=1S/C18H28N4O3/c1-13(23)16-11-14(10-15(24)12-21-2)6-7-17(16)25-9-5-3-4-8-22-18(19)20/h6-7,11,21H,3-5,8-10,12H2,1-2H3,(H4,19,20,22). The van der Waals surface area contributed by atoms with Crippen molar-refractivity contribution >= 4 is 17.5 Å². The molecule has 0 fully saturated rings. The van der Waals surface area contributed by atoms with Gasteiger partial charge in [0.25, 0.3) is 0 Å². The summed E-state index contributed by atoms with van der Waals surface area (Å²) in [6, 6.07) is 5.33. The summed E-state index contributed by atoms with van der Waals surface area (Å²) in [6.07, 6.45) is 2.96. The van der Waals surface area contributed by atoms with E-state index in [1.54, 1.807) is 19.2 Å². The molecule has 0 saturated heterocycles. The van der Waals surface area contributed by atoms with E-state index in [0.717, 1.165) is 24.8 Å². The third-order valence-corrected chi connectivity index (χ3v) is 3.55. The normalized spacial score (nSPS) is 10.3. The van der Waals surface area contributed by atoms with Crippen molar-refractivity contribution < 1.29 is 14.3 Å². The molecule has 0 aromatic heterocycles. The first-order valence-electron chi connectivity index (χ1n) is 8.42. The van der Waals surface area contributed by atoms with Crippen molar-refractivity contribution in [2.45, 2.75) is 32.6 Å². The first kappa shape index (κ1) is 20.6. The highest BCUT2D eigenvalue weighted by molar-refractivity contribution is 5.97. The highest BCUT2D eigenvalue weighted by Gasteiger charge is 2.11. The van der Waals surface area contributed by atoms with Gasteiger partial charge in [0.05, 0.1) is 18.7 Å². The molecule has 0 saturated carbocycles. The molecular formula is C18H28N4O3. The van der Waals surface area contributed by atoms with Crippen LogP contribution in [0.25, 0.3) is 0 Å². The van der Waals surface area contributed by atoms with Gasteiger partial charge in [0, 0.05) is 13.0 Å². The largest absolute Gasteiger partial charge is 0.493 e. The van der Waals surface area contributed by atoms with E-state index in [1.165, 1.54) is 6.92 Å². The lowest BCUT2D eigenvalue weighted by atomic mass is 10.0. The predicted octanol–water partition coefficient (Wildman–Crippen LogP) is 1.04. The molecular weight excluding hydrogens is 320 g/mol. The van der Waals surface area contributed by atoms with E-state index in [1.807, 2.05) is 6.07 Å². The van der Waals surface area contributed by atoms with Crippen LogP contribution < -0.4 is 21.5 Å². The molecule has 0 unspecified atom stereocenters. The zero-order valence-corrected chi connectivity index (χ0v) is 15.0. The SMILES string of the molecule is CNCC(=O)Cc1ccc(OCCCCCN=C(N)N)c(C(C)=O)c1. The Balaban J connectivity index is 2.54. The summed E-state index contributed by atoms with van der Waals surface area (Å²) in [5.74, 6) is 0.661. The van der Waals surface area contributed by atoms with Crippen LogP contribution in [0.3, 0.4) is 0 Å². The topological polar surface area (TPSA) is 120 Å². The first-order chi connectivity index (χ1) is 11.9. The molecule has 7 nitrogen and oxygen atoms in total. The van der Waals surface area contributed by atoms with Crippen LogP contribution in [0.1, 0.15) is 42.1 Å². The number of hydrogen-bond acceptors (Lipinski definition) is 5. The second kappa shape index (κ2) is 11.2. The van der Waals surface area contributed by atoms with Gasteiger partial charge in [-0.1, -0.05) is 6.07 Å². The third-order valence-electron chi connectivity index (χ3n) is 3.55. The summed E-state index contributed by atoms with van der Waals surface area (Å²) in [6.45, 7) is 2.93. The minimum absolute atomic E-state index is 0.0754. The number of guanidine groups is 1. The van der Waals surface area contributed by atoms with E-state index in [-0.39, 0.29) is 17.5 Å². The maximum atomic E-state index is 11.9. The molecule has 138 valence electrons. The molecule has 0 bridgehead atoms. The number of hydrogen-bond donors (Lipinski definition) is 3. The van der Waals surface area contributed by atoms with Crippen LogP contribution in [0.2, 0.25) is 0 Å². The van der Waals surface area contributed by atoms with Gasteiger partial charge in [0.15, 0.2) is 17.5 Å². The molecule has 0 atom stereocenters. The quantitative estimate of drug-likeness (QED) is 0.225. The van der Waals surface area contributed by atoms with E-state index in [4.69, 9.17) is 16.2 Å². The Hall–Kier alpha value is -2.41. The number of likely N-dealkylation sites (N-methyl/N-ethyl adjacent to an activating group) is 1. The maximum Gasteiger partial charge on any atom is 0.185 e. The van der Waals surface area contributed by atoms with Gasteiger partial charge in [0.2, 0.25) is 0 Å². The highest BCUT2D eigenvalue weighted by atomic mass is 16.5. The molecule has 1 rings (SSSR count). The number of unbranched alkanes of at least 4 members (excludes halogenated alkanes) is 2. The van der Waals surface area contributed by atoms with Crippen molar-refractivity contribution in [1.82, 2.24) is 5.32 Å². The molecule has 1 aromatic rings. The number of carbonyl (C=O) groups is 2. The average Bonchev–Trinajstić information content (AvgIpc) is 2.54. The van der Waals surface area contributed by atoms with Crippen LogP contribution in [0, 0.1) is 0 Å². The van der Waals surface area contributed by atoms with Gasteiger partial charge in [-0.3, -0.25) is 14.6 Å². The van der Waals surface area contributed by atoms with E-state index >= 15 is 0 Å². The monoisotopic (exact) mass is 348 g/mol. The van der Waals surface area contributed by atoms with Crippen LogP contribution in [-0.4, -0.2) is 44.3 Å². The Bertz CT molecular complexity index is 610. The lowest BCUT2D eigenvalue weighted by Crippen LogP contribution is -2.22. The Morgan fingerprint density at radius 2 is 1.96 bits per heavy atom. The molecule has 0 aliphatic heterocycles. The van der Waals surface area contributed by atoms with Gasteiger partial charge in [-0.15, -0.1) is 0 Å². The number of nitrogens with one attached hydrogen (secondary N) is 1. The van der Waals surface area contributed by atoms with E-state index < -0.39 is 0 Å². The van der Waals surface area contributed by atoms with Crippen LogP contribution >= 0.6 is 0 Å². The summed E-state index contributed by atoms with van der Waals surface area (Å²) in [4.78, 5) is 27.5. The van der Waals surface area contributed by atoms with Crippen molar-refractivity contribution in [3.63, 3.8) is 0 Å². The van der Waals surface area contributed by atoms with Crippen LogP contribution in [0.5, 0.6) is 5.75 Å². The fourth-order valence-corrected chi connectivity index (χ4v) is 2.36. The molecule has 1 aromatic carbocycles. The highest BCUT2D eigenvalue weighted by Crippen LogP contribution is 2.22. The Kier molecular flexibility index (Phi) is 9.24. The lowest BCUT2D eigenvalue weighted by Gasteiger charge is -2.11. The summed E-state index contributed by atoms with van der Waals surface area (Å²) >= 11 is 0. The van der Waals surface area contributed by atoms with Gasteiger partial charge >= 0.3 is 0 Å². The van der Waals surface area contributed by atoms with Gasteiger partial charge in [-0.25, -0.2) is 0 Å². The Labute approximate surface area is 148 Å². The predicted molar refractivity (Wildman–Crippen MR) is 99.1 cm³/mol. The van der Waals surface area contributed by atoms with Crippen molar-refractivity contribution in [1.29, 1.82) is 0 Å². The summed E-state index contributed by atoms with van der Waals surface area (Å²) in [5, 5.41) is 2.83. The number of Topliss-reactive ketones (excluding diaryl/α,β-unsaturated/α-hetero) is 2. The van der Waals surface area contributed by atoms with Crippen molar-refractivity contribution in [2.24, 2.45) is 16.5 Å². The molecule has 0 aliphatic rings. The maximum absolute atomic E-state index is 11.9. The minimum Gasteiger partial charge on any atom is -0.493 e. The summed E-state index contributed by atoms with van der Waals surface area (Å²) in [5.41, 5.74) is 11.8. The molecule has 0 amide bonds. The van der Waals surface area contributed by atoms with Crippen LogP contribution in [0.4, 0.5) is 0 Å². The number of benzene rings is 1. The smallest absolute Gasteiger partial charge is 0.185 e. The number of rotatable bonds is 12. The number of nitrogens with two attached hydrogens (primary N) is 2. The van der Waals surface area contributed by atoms with Gasteiger partial charge in [-0.05, 0) is 50.9 Å². The second-order valence-electron chi connectivity index (χ2n) is 5.85. The van der Waals surface area contributed by atoms with Gasteiger partial charge in [0.1, 0.15) is 5.75 Å². The van der Waals surface area contributed by atoms with Crippen molar-refractivity contribution in [3.05, 3.63) is 29.3 Å². The fraction of sp³-hybridized carbons (Fsp3) is 0.500. The lowest BCUT2D eigenvalue weighted by molar-refractivity contribution is -0.117. The molecule has 0 aliphatic carbocycles. The van der Waals surface area contributed by atoms with Crippen molar-refractivity contribution in [3.8, 4) is 5.75 Å². The Morgan fingerprint density at radius 1 is 1.20 bits per heavy atom. The molecule has 25 heavy (non-hydrogen) atoms. The summed E-state index contributed by atoms with van der Waals surface area (Å²) < 4.78 is 5.73. The average molecular weight is 348 g/mol. The fourth-order valence-electron chi connectivity index (χ4n) is 2.36. The minimum atomic E-state index is -0.0781. The van der Waals surface area contributed by atoms with E-state index in [2.05, 4.69) is 10.3 Å². The number of ketones is 2. The zero-order chi connectivity index (χ0) is 18.7. The summed E-state index contributed by atoms with van der Waals surface area (Å²) in [7, 11) is 1.73. The van der Waals surface area contributed by atoms with Crippen molar-refractivity contribution in [2.75, 3.05) is 26.7 Å². The van der Waals surface area contributed by atoms with Crippen LogP contribution in [-0.2, 0) is 11.2 Å².